The number of rotatable bonds is 4. The van der Waals surface area contributed by atoms with Gasteiger partial charge in [0, 0.05) is 49.2 Å². The van der Waals surface area contributed by atoms with E-state index in [9.17, 15) is 18.0 Å². The number of urea groups is 1. The van der Waals surface area contributed by atoms with Crippen LogP contribution in [0.15, 0.2) is 54.9 Å². The third-order valence-corrected chi connectivity index (χ3v) is 6.47. The molecule has 182 valence electrons. The van der Waals surface area contributed by atoms with E-state index in [1.165, 1.54) is 23.5 Å². The molecule has 3 heterocycles. The highest BCUT2D eigenvalue weighted by Gasteiger charge is 2.35. The van der Waals surface area contributed by atoms with Gasteiger partial charge in [0.15, 0.2) is 11.5 Å². The first-order valence-electron chi connectivity index (χ1n) is 11.6. The maximum Gasteiger partial charge on any atom is 0.433 e. The number of alkyl halides is 3. The van der Waals surface area contributed by atoms with E-state index < -0.39 is 11.9 Å². The quantitative estimate of drug-likeness (QED) is 0.588. The second-order valence-corrected chi connectivity index (χ2v) is 8.93. The van der Waals surface area contributed by atoms with Gasteiger partial charge in [0.25, 0.3) is 0 Å². The Morgan fingerprint density at radius 3 is 2.49 bits per heavy atom. The van der Waals surface area contributed by atoms with Gasteiger partial charge < -0.3 is 15.5 Å². The summed E-state index contributed by atoms with van der Waals surface area (Å²) in [5, 5.41) is 6.03. The number of carbonyl (C=O) groups is 1. The Kier molecular flexibility index (Phi) is 6.27. The molecule has 2 amide bonds. The molecular weight excluding hydrogens is 457 g/mol. The van der Waals surface area contributed by atoms with E-state index in [2.05, 4.69) is 37.7 Å². The zero-order valence-corrected chi connectivity index (χ0v) is 18.9. The molecule has 1 aliphatic heterocycles. The molecule has 0 saturated carbocycles. The van der Waals surface area contributed by atoms with E-state index in [1.807, 2.05) is 12.1 Å². The summed E-state index contributed by atoms with van der Waals surface area (Å²) in [5.41, 5.74) is 2.03. The molecule has 0 radical (unpaired) electrons. The number of hydrogen-bond acceptors (Lipinski definition) is 5. The number of nitrogens with one attached hydrogen (secondary N) is 2. The van der Waals surface area contributed by atoms with E-state index >= 15 is 0 Å². The molecule has 2 aliphatic rings. The highest BCUT2D eigenvalue weighted by atomic mass is 19.4. The molecule has 3 aromatic rings. The standard InChI is InChI=1S/C25H25F3N6O/c26-25(27,28)21-14-22(33-23(32-21)17-7-10-29-11-8-17)34-12-9-20(15-34)31-24(35)30-19-6-5-16-3-1-2-4-18(16)13-19/h1-4,7-8,10-11,14,19-20H,5-6,9,12-13,15H2,(H2,30,31,35). The van der Waals surface area contributed by atoms with Crippen LogP contribution in [-0.4, -0.2) is 46.2 Å². The Hall–Kier alpha value is -3.69. The number of benzene rings is 1. The number of nitrogens with zero attached hydrogens (tertiary/aromatic N) is 4. The molecule has 2 N–H and O–H groups in total. The summed E-state index contributed by atoms with van der Waals surface area (Å²) in [6.45, 7) is 0.844. The van der Waals surface area contributed by atoms with Gasteiger partial charge in [-0.1, -0.05) is 24.3 Å². The van der Waals surface area contributed by atoms with Crippen molar-refractivity contribution in [2.24, 2.45) is 0 Å². The second kappa shape index (κ2) is 9.52. The van der Waals surface area contributed by atoms with Crippen molar-refractivity contribution in [1.82, 2.24) is 25.6 Å². The molecule has 2 atom stereocenters. The van der Waals surface area contributed by atoms with Crippen molar-refractivity contribution < 1.29 is 18.0 Å². The largest absolute Gasteiger partial charge is 0.433 e. The third-order valence-electron chi connectivity index (χ3n) is 6.47. The Labute approximate surface area is 200 Å². The molecule has 5 rings (SSSR count). The summed E-state index contributed by atoms with van der Waals surface area (Å²) >= 11 is 0. The lowest BCUT2D eigenvalue weighted by atomic mass is 9.88. The fourth-order valence-electron chi connectivity index (χ4n) is 4.69. The van der Waals surface area contributed by atoms with Crippen LogP contribution >= 0.6 is 0 Å². The monoisotopic (exact) mass is 482 g/mol. The van der Waals surface area contributed by atoms with Gasteiger partial charge in [0.05, 0.1) is 0 Å². The second-order valence-electron chi connectivity index (χ2n) is 8.93. The van der Waals surface area contributed by atoms with Crippen LogP contribution < -0.4 is 15.5 Å². The van der Waals surface area contributed by atoms with E-state index in [0.717, 1.165) is 25.3 Å². The molecule has 2 aromatic heterocycles. The number of fused-ring (bicyclic) bond motifs is 1. The lowest BCUT2D eigenvalue weighted by Crippen LogP contribution is -2.48. The fourth-order valence-corrected chi connectivity index (χ4v) is 4.69. The van der Waals surface area contributed by atoms with Gasteiger partial charge >= 0.3 is 12.2 Å². The van der Waals surface area contributed by atoms with Gasteiger partial charge in [-0.05, 0) is 48.9 Å². The highest BCUT2D eigenvalue weighted by Crippen LogP contribution is 2.32. The molecule has 0 bridgehead atoms. The van der Waals surface area contributed by atoms with Crippen LogP contribution in [0, 0.1) is 0 Å². The van der Waals surface area contributed by atoms with Gasteiger partial charge in [0.1, 0.15) is 5.82 Å². The van der Waals surface area contributed by atoms with E-state index in [4.69, 9.17) is 0 Å². The first-order chi connectivity index (χ1) is 16.8. The van der Waals surface area contributed by atoms with E-state index in [1.54, 1.807) is 17.0 Å². The minimum Gasteiger partial charge on any atom is -0.354 e. The van der Waals surface area contributed by atoms with Crippen molar-refractivity contribution in [1.29, 1.82) is 0 Å². The van der Waals surface area contributed by atoms with Gasteiger partial charge in [-0.2, -0.15) is 13.2 Å². The molecule has 1 saturated heterocycles. The molecule has 35 heavy (non-hydrogen) atoms. The van der Waals surface area contributed by atoms with Crippen molar-refractivity contribution in [3.05, 3.63) is 71.7 Å². The van der Waals surface area contributed by atoms with Gasteiger partial charge in [-0.3, -0.25) is 4.98 Å². The molecular formula is C25H25F3N6O. The van der Waals surface area contributed by atoms with E-state index in [0.29, 0.717) is 25.1 Å². The van der Waals surface area contributed by atoms with Gasteiger partial charge in [-0.15, -0.1) is 0 Å². The summed E-state index contributed by atoms with van der Waals surface area (Å²) in [5.74, 6) is 0.177. The predicted molar refractivity (Wildman–Crippen MR) is 125 cm³/mol. The summed E-state index contributed by atoms with van der Waals surface area (Å²) < 4.78 is 40.6. The summed E-state index contributed by atoms with van der Waals surface area (Å²) in [6, 6.07) is 12.0. The van der Waals surface area contributed by atoms with Gasteiger partial charge in [-0.25, -0.2) is 14.8 Å². The number of carbonyl (C=O) groups excluding carboxylic acids is 1. The Morgan fingerprint density at radius 1 is 0.971 bits per heavy atom. The van der Waals surface area contributed by atoms with Crippen LogP contribution in [0.5, 0.6) is 0 Å². The number of amides is 2. The smallest absolute Gasteiger partial charge is 0.354 e. The lowest BCUT2D eigenvalue weighted by Gasteiger charge is -2.26. The van der Waals surface area contributed by atoms with Crippen molar-refractivity contribution in [2.75, 3.05) is 18.0 Å². The number of hydrogen-bond donors (Lipinski definition) is 2. The average molecular weight is 483 g/mol. The molecule has 10 heteroatoms. The van der Waals surface area contributed by atoms with Crippen LogP contribution in [-0.2, 0) is 19.0 Å². The Morgan fingerprint density at radius 2 is 1.71 bits per heavy atom. The first-order valence-corrected chi connectivity index (χ1v) is 11.6. The molecule has 1 aliphatic carbocycles. The molecule has 1 aromatic carbocycles. The lowest BCUT2D eigenvalue weighted by molar-refractivity contribution is -0.141. The SMILES string of the molecule is O=C(NC1CCc2ccccc2C1)NC1CCN(c2cc(C(F)(F)F)nc(-c3ccncc3)n2)C1. The molecule has 2 unspecified atom stereocenters. The molecule has 7 nitrogen and oxygen atoms in total. The van der Waals surface area contributed by atoms with Crippen molar-refractivity contribution in [3.63, 3.8) is 0 Å². The number of pyridine rings is 1. The first kappa shape index (κ1) is 23.1. The Bertz CT molecular complexity index is 1200. The van der Waals surface area contributed by atoms with Crippen LogP contribution in [0.3, 0.4) is 0 Å². The Balaban J connectivity index is 1.24. The summed E-state index contributed by atoms with van der Waals surface area (Å²) in [4.78, 5) is 26.4. The molecule has 1 fully saturated rings. The van der Waals surface area contributed by atoms with Crippen LogP contribution in [0.1, 0.15) is 29.7 Å². The zero-order valence-electron chi connectivity index (χ0n) is 18.9. The number of aromatic nitrogens is 3. The normalized spacial score (nSPS) is 19.8. The van der Waals surface area contributed by atoms with Crippen LogP contribution in [0.2, 0.25) is 0 Å². The van der Waals surface area contributed by atoms with Crippen molar-refractivity contribution >= 4 is 11.8 Å². The van der Waals surface area contributed by atoms with Crippen molar-refractivity contribution in [3.8, 4) is 11.4 Å². The third kappa shape index (κ3) is 5.36. The summed E-state index contributed by atoms with van der Waals surface area (Å²) in [7, 11) is 0. The summed E-state index contributed by atoms with van der Waals surface area (Å²) in [6.07, 6.45) is 1.56. The van der Waals surface area contributed by atoms with E-state index in [-0.39, 0.29) is 29.8 Å². The topological polar surface area (TPSA) is 83.0 Å². The number of anilines is 1. The minimum absolute atomic E-state index is 0.0102. The zero-order chi connectivity index (χ0) is 24.4. The maximum absolute atomic E-state index is 13.5. The molecule has 0 spiro atoms. The van der Waals surface area contributed by atoms with Crippen LogP contribution in [0.4, 0.5) is 23.8 Å². The van der Waals surface area contributed by atoms with Gasteiger partial charge in [0.2, 0.25) is 0 Å². The fraction of sp³-hybridized carbons (Fsp3) is 0.360. The number of halogens is 3. The average Bonchev–Trinajstić information content (AvgIpc) is 3.32. The number of aryl methyl sites for hydroxylation is 1. The minimum atomic E-state index is -4.60. The van der Waals surface area contributed by atoms with Crippen molar-refractivity contribution in [2.45, 2.75) is 43.9 Å². The maximum atomic E-state index is 13.5. The van der Waals surface area contributed by atoms with Crippen LogP contribution in [0.25, 0.3) is 11.4 Å². The highest BCUT2D eigenvalue weighted by molar-refractivity contribution is 5.75. The predicted octanol–water partition coefficient (Wildman–Crippen LogP) is 3.99.